The molecule has 0 radical (unpaired) electrons. The summed E-state index contributed by atoms with van der Waals surface area (Å²) in [4.78, 5) is 15.2. The Bertz CT molecular complexity index is 849. The largest absolute Gasteiger partial charge is 0.486 e. The minimum Gasteiger partial charge on any atom is -0.486 e. The molecule has 2 heterocycles. The molecule has 1 unspecified atom stereocenters. The smallest absolute Gasteiger partial charge is 0.174 e. The molecule has 2 aliphatic carbocycles. The molecule has 1 saturated carbocycles. The number of aliphatic hydroxyl groups is 1. The van der Waals surface area contributed by atoms with E-state index in [2.05, 4.69) is 24.1 Å². The lowest BCUT2D eigenvalue weighted by Crippen LogP contribution is -2.76. The van der Waals surface area contributed by atoms with Gasteiger partial charge in [0.1, 0.15) is 6.61 Å². The lowest BCUT2D eigenvalue weighted by atomic mass is 9.49. The monoisotopic (exact) mass is 367 g/mol. The number of carbonyl (C=O) groups excluding carboxylic acids is 1. The second kappa shape index (κ2) is 5.69. The second-order valence-electron chi connectivity index (χ2n) is 8.14. The molecular formula is C22H25NO4. The molecule has 0 amide bonds. The molecule has 5 heteroatoms. The summed E-state index contributed by atoms with van der Waals surface area (Å²) in [5.74, 6) is 1.39. The Labute approximate surface area is 159 Å². The number of Topliss-reactive ketones (excluding diaryl/α,β-unsaturated/α-hetero) is 1. The first-order chi connectivity index (χ1) is 13.1. The highest BCUT2D eigenvalue weighted by Gasteiger charge is 2.73. The molecule has 1 N–H and O–H groups in total. The normalized spacial score (nSPS) is 36.0. The van der Waals surface area contributed by atoms with Crippen molar-refractivity contribution in [3.05, 3.63) is 48.6 Å². The molecule has 142 valence electrons. The minimum absolute atomic E-state index is 0.0261. The van der Waals surface area contributed by atoms with E-state index in [0.29, 0.717) is 37.4 Å². The van der Waals surface area contributed by atoms with E-state index in [1.165, 1.54) is 0 Å². The van der Waals surface area contributed by atoms with E-state index < -0.39 is 17.1 Å². The Balaban J connectivity index is 1.73. The van der Waals surface area contributed by atoms with Crippen LogP contribution in [0.1, 0.15) is 30.4 Å². The van der Waals surface area contributed by atoms with Crippen molar-refractivity contribution in [3.63, 3.8) is 0 Å². The fourth-order valence-electron chi connectivity index (χ4n) is 6.05. The van der Waals surface area contributed by atoms with Crippen molar-refractivity contribution in [1.82, 2.24) is 4.90 Å². The van der Waals surface area contributed by atoms with Crippen LogP contribution in [0.15, 0.2) is 37.4 Å². The summed E-state index contributed by atoms with van der Waals surface area (Å²) in [5.41, 5.74) is 0.541. The molecule has 27 heavy (non-hydrogen) atoms. The van der Waals surface area contributed by atoms with Crippen LogP contribution in [0, 0.1) is 0 Å². The van der Waals surface area contributed by atoms with E-state index in [0.717, 1.165) is 30.6 Å². The fourth-order valence-corrected chi connectivity index (χ4v) is 6.05. The fraction of sp³-hybridized carbons (Fsp3) is 0.500. The van der Waals surface area contributed by atoms with Crippen molar-refractivity contribution in [1.29, 1.82) is 0 Å². The number of rotatable bonds is 5. The molecule has 1 aromatic carbocycles. The molecule has 4 atom stereocenters. The van der Waals surface area contributed by atoms with Crippen molar-refractivity contribution in [2.24, 2.45) is 0 Å². The Morgan fingerprint density at radius 2 is 2.19 bits per heavy atom. The first-order valence-corrected chi connectivity index (χ1v) is 9.73. The summed E-state index contributed by atoms with van der Waals surface area (Å²) < 4.78 is 12.1. The third kappa shape index (κ3) is 1.94. The van der Waals surface area contributed by atoms with Gasteiger partial charge in [0.2, 0.25) is 0 Å². The van der Waals surface area contributed by atoms with Crippen LogP contribution in [0.3, 0.4) is 0 Å². The quantitative estimate of drug-likeness (QED) is 0.809. The highest BCUT2D eigenvalue weighted by molar-refractivity contribution is 5.90. The number of benzene rings is 1. The van der Waals surface area contributed by atoms with Crippen LogP contribution in [0.5, 0.6) is 11.5 Å². The average molecular weight is 367 g/mol. The number of carbonyl (C=O) groups is 1. The highest BCUT2D eigenvalue weighted by Crippen LogP contribution is 2.64. The SMILES string of the molecule is C=CCOc1ccc2c3c1O[C@H]1C(=O)CC[C@@]4(O)[C@@H](C2)N(CC=C)CCC314. The summed E-state index contributed by atoms with van der Waals surface area (Å²) in [6.45, 7) is 9.53. The van der Waals surface area contributed by atoms with Gasteiger partial charge in [-0.15, -0.1) is 6.58 Å². The number of hydrogen-bond donors (Lipinski definition) is 1. The Morgan fingerprint density at radius 1 is 1.33 bits per heavy atom. The van der Waals surface area contributed by atoms with Gasteiger partial charge in [-0.2, -0.15) is 0 Å². The molecule has 4 aliphatic rings. The van der Waals surface area contributed by atoms with Gasteiger partial charge in [-0.3, -0.25) is 9.69 Å². The zero-order valence-corrected chi connectivity index (χ0v) is 15.4. The van der Waals surface area contributed by atoms with E-state index >= 15 is 0 Å². The average Bonchev–Trinajstić information content (AvgIpc) is 3.01. The second-order valence-corrected chi connectivity index (χ2v) is 8.14. The number of ketones is 1. The molecule has 1 aromatic rings. The predicted molar refractivity (Wildman–Crippen MR) is 101 cm³/mol. The number of ether oxygens (including phenoxy) is 2. The number of piperidine rings is 1. The number of nitrogens with zero attached hydrogens (tertiary/aromatic N) is 1. The molecule has 5 nitrogen and oxygen atoms in total. The zero-order chi connectivity index (χ0) is 18.8. The van der Waals surface area contributed by atoms with Crippen LogP contribution in [0.2, 0.25) is 0 Å². The van der Waals surface area contributed by atoms with Crippen molar-refractivity contribution < 1.29 is 19.4 Å². The van der Waals surface area contributed by atoms with Crippen LogP contribution in [-0.2, 0) is 16.6 Å². The van der Waals surface area contributed by atoms with E-state index in [-0.39, 0.29) is 11.8 Å². The van der Waals surface area contributed by atoms with Gasteiger partial charge >= 0.3 is 0 Å². The van der Waals surface area contributed by atoms with E-state index in [9.17, 15) is 9.90 Å². The summed E-state index contributed by atoms with van der Waals surface area (Å²) >= 11 is 0. The van der Waals surface area contributed by atoms with Gasteiger partial charge in [0.15, 0.2) is 23.4 Å². The maximum Gasteiger partial charge on any atom is 0.174 e. The Kier molecular flexibility index (Phi) is 3.59. The van der Waals surface area contributed by atoms with Gasteiger partial charge in [0.25, 0.3) is 0 Å². The molecule has 2 aliphatic heterocycles. The third-order valence-electron chi connectivity index (χ3n) is 7.07. The summed E-state index contributed by atoms with van der Waals surface area (Å²) in [6.07, 6.45) is 5.26. The molecule has 0 aromatic heterocycles. The zero-order valence-electron chi connectivity index (χ0n) is 15.4. The summed E-state index contributed by atoms with van der Waals surface area (Å²) in [5, 5.41) is 12.0. The Morgan fingerprint density at radius 3 is 2.96 bits per heavy atom. The van der Waals surface area contributed by atoms with Gasteiger partial charge in [-0.05, 0) is 30.9 Å². The Hall–Kier alpha value is -2.11. The first kappa shape index (κ1) is 17.0. The summed E-state index contributed by atoms with van der Waals surface area (Å²) in [7, 11) is 0. The van der Waals surface area contributed by atoms with Gasteiger partial charge in [-0.1, -0.05) is 24.8 Å². The van der Waals surface area contributed by atoms with Crippen LogP contribution in [0.4, 0.5) is 0 Å². The van der Waals surface area contributed by atoms with Crippen molar-refractivity contribution in [2.45, 2.75) is 48.8 Å². The molecule has 2 bridgehead atoms. The van der Waals surface area contributed by atoms with E-state index in [4.69, 9.17) is 9.47 Å². The standard InChI is InChI=1S/C22H25NO4/c1-3-10-23-11-9-21-18-14-5-6-16(26-12-4-2)19(18)27-20(21)15(24)7-8-22(21,25)17(23)13-14/h3-6,17,20,25H,1-2,7-13H2/t17-,20+,21?,22-/m1/s1. The molecular weight excluding hydrogens is 342 g/mol. The maximum absolute atomic E-state index is 12.9. The lowest BCUT2D eigenvalue weighted by molar-refractivity contribution is -0.187. The van der Waals surface area contributed by atoms with Crippen LogP contribution >= 0.6 is 0 Å². The topological polar surface area (TPSA) is 59.0 Å². The molecule has 2 fully saturated rings. The minimum atomic E-state index is -0.970. The van der Waals surface area contributed by atoms with Gasteiger partial charge < -0.3 is 14.6 Å². The van der Waals surface area contributed by atoms with E-state index in [1.807, 2.05) is 12.1 Å². The third-order valence-corrected chi connectivity index (χ3v) is 7.07. The molecule has 5 rings (SSSR count). The molecule has 1 spiro atoms. The predicted octanol–water partition coefficient (Wildman–Crippen LogP) is 2.16. The van der Waals surface area contributed by atoms with Crippen LogP contribution in [0.25, 0.3) is 0 Å². The van der Waals surface area contributed by atoms with Crippen molar-refractivity contribution >= 4 is 5.78 Å². The maximum atomic E-state index is 12.9. The summed E-state index contributed by atoms with van der Waals surface area (Å²) in [6, 6.07) is 3.98. The lowest BCUT2D eigenvalue weighted by Gasteiger charge is -2.62. The highest BCUT2D eigenvalue weighted by atomic mass is 16.5. The van der Waals surface area contributed by atoms with E-state index in [1.54, 1.807) is 6.08 Å². The van der Waals surface area contributed by atoms with Gasteiger partial charge in [0.05, 0.1) is 11.0 Å². The first-order valence-electron chi connectivity index (χ1n) is 9.73. The van der Waals surface area contributed by atoms with Gasteiger partial charge in [-0.25, -0.2) is 0 Å². The number of hydrogen-bond acceptors (Lipinski definition) is 5. The number of likely N-dealkylation sites (tertiary alicyclic amines) is 1. The van der Waals surface area contributed by atoms with Crippen molar-refractivity contribution in [3.8, 4) is 11.5 Å². The van der Waals surface area contributed by atoms with Crippen LogP contribution in [-0.4, -0.2) is 53.2 Å². The molecule has 1 saturated heterocycles. The van der Waals surface area contributed by atoms with Gasteiger partial charge in [0, 0.05) is 31.1 Å². The van der Waals surface area contributed by atoms with Crippen molar-refractivity contribution in [2.75, 3.05) is 19.7 Å². The van der Waals surface area contributed by atoms with Crippen LogP contribution < -0.4 is 9.47 Å².